The largest absolute Gasteiger partial charge is 0.471 e. The van der Waals surface area contributed by atoms with Crippen LogP contribution in [0.4, 0.5) is 50.4 Å². The Kier molecular flexibility index (Phi) is 11.5. The fourth-order valence-corrected chi connectivity index (χ4v) is 8.27. The first kappa shape index (κ1) is 44.1. The van der Waals surface area contributed by atoms with Gasteiger partial charge in [-0.15, -0.1) is 5.10 Å². The van der Waals surface area contributed by atoms with Crippen LogP contribution < -0.4 is 30.7 Å². The van der Waals surface area contributed by atoms with E-state index < -0.39 is 55.9 Å². The first-order valence-electron chi connectivity index (χ1n) is 21.9. The molecule has 25 heteroatoms. The summed E-state index contributed by atoms with van der Waals surface area (Å²) in [6.07, 6.45) is -1.95. The molecule has 6 atom stereocenters. The van der Waals surface area contributed by atoms with Crippen LogP contribution in [0.2, 0.25) is 0 Å². The number of halogens is 4. The molecule has 0 aromatic carbocycles. The number of aromatic amines is 2. The van der Waals surface area contributed by atoms with E-state index in [4.69, 9.17) is 33.8 Å². The van der Waals surface area contributed by atoms with E-state index in [1.807, 2.05) is 13.8 Å². The molecule has 1 aliphatic heterocycles. The molecular weight excluding hydrogens is 889 g/mol. The van der Waals surface area contributed by atoms with E-state index in [-0.39, 0.29) is 61.3 Å². The summed E-state index contributed by atoms with van der Waals surface area (Å²) in [4.78, 5) is 34.5. The van der Waals surface area contributed by atoms with Gasteiger partial charge in [-0.3, -0.25) is 5.10 Å². The van der Waals surface area contributed by atoms with Crippen molar-refractivity contribution < 1.29 is 55.5 Å². The number of carbonyl (C=O) groups is 2. The second-order valence-electron chi connectivity index (χ2n) is 18.1. The van der Waals surface area contributed by atoms with Gasteiger partial charge in [0.2, 0.25) is 11.7 Å². The molecule has 0 unspecified atom stereocenters. The van der Waals surface area contributed by atoms with Crippen LogP contribution in [-0.4, -0.2) is 119 Å². The van der Waals surface area contributed by atoms with Gasteiger partial charge in [0.15, 0.2) is 37.1 Å². The standard InChI is InChI=1S/C42H48F4N14O7/c1-41(4-5-41)51-39(61)66-29-11-21(10-24(29)43)25-14-33(50-37-28-15-34(64-20-31(44)45)57-58(28)9-8-47-37)60(56-25)17-23-16-59-27(12-22(55-59)18-63-3)38(48-23)49-32-13-26(53-54-32)36-35(46)30(19-65-36)67-40(62)52-42(2)6-7-42/h8-9,12-16,21,24,29-31,35-36H,4-7,10-11,17-20H2,1-3H3,(H5,47,48,49,50,51,52,53,54,55,56,57,61,62)/p+1/t21-,24+,29-,30-,35+,36-/m0/s1. The second-order valence-corrected chi connectivity index (χ2v) is 18.1. The summed E-state index contributed by atoms with van der Waals surface area (Å²) < 4.78 is 89.2. The molecule has 6 aromatic rings. The predicted octanol–water partition coefficient (Wildman–Crippen LogP) is 5.36. The van der Waals surface area contributed by atoms with Crippen LogP contribution in [0.5, 0.6) is 5.88 Å². The molecule has 7 heterocycles. The van der Waals surface area contributed by atoms with Gasteiger partial charge in [-0.05, 0) is 58.4 Å². The van der Waals surface area contributed by atoms with Gasteiger partial charge in [0.05, 0.1) is 42.6 Å². The number of fused-ring (bicyclic) bond motifs is 2. The van der Waals surface area contributed by atoms with Gasteiger partial charge in [0, 0.05) is 48.6 Å². The zero-order valence-corrected chi connectivity index (χ0v) is 36.6. The quantitative estimate of drug-likeness (QED) is 0.0500. The number of nitrogens with zero attached hydrogens (tertiary/aromatic N) is 8. The maximum absolute atomic E-state index is 15.7. The minimum absolute atomic E-state index is 0.0282. The average molecular weight is 938 g/mol. The number of nitrogens with one attached hydrogen (secondary N) is 6. The van der Waals surface area contributed by atoms with E-state index in [9.17, 15) is 18.4 Å². The van der Waals surface area contributed by atoms with Crippen molar-refractivity contribution in [3.63, 3.8) is 0 Å². The Morgan fingerprint density at radius 3 is 2.40 bits per heavy atom. The van der Waals surface area contributed by atoms with Gasteiger partial charge in [-0.2, -0.15) is 14.9 Å². The number of alkyl halides is 4. The molecule has 6 N–H and O–H groups in total. The summed E-state index contributed by atoms with van der Waals surface area (Å²) in [5.74, 6) is 0.955. The van der Waals surface area contributed by atoms with Crippen molar-refractivity contribution in [1.82, 2.24) is 55.1 Å². The molecule has 10 rings (SSSR count). The Bertz CT molecular complexity index is 2790. The Morgan fingerprint density at radius 2 is 1.67 bits per heavy atom. The number of anilines is 4. The molecule has 0 radical (unpaired) electrons. The van der Waals surface area contributed by atoms with E-state index in [1.165, 1.54) is 16.8 Å². The number of ether oxygens (including phenoxy) is 5. The van der Waals surface area contributed by atoms with Gasteiger partial charge in [-0.1, -0.05) is 0 Å². The van der Waals surface area contributed by atoms with E-state index in [0.29, 0.717) is 51.3 Å². The summed E-state index contributed by atoms with van der Waals surface area (Å²) in [5, 5.41) is 31.6. The van der Waals surface area contributed by atoms with Crippen LogP contribution >= 0.6 is 0 Å². The molecule has 67 heavy (non-hydrogen) atoms. The van der Waals surface area contributed by atoms with Crippen molar-refractivity contribution in [3.8, 4) is 5.88 Å². The SMILES string of the molecule is COCc1cc2c(Nc3cc([C@@H]4OC[C@H](OC(=O)NC5(C)CC5)[C@H]4F)[nH]n3)nc(C[n+]3[nH]c([C@H]4C[C@@H](F)[C@@H](OC(=O)NC5(C)CC5)C4)cc3Nc3nccn4nc(OCC(F)F)cc34)cn2n1. The summed E-state index contributed by atoms with van der Waals surface area (Å²) in [6, 6.07) is 6.65. The first-order chi connectivity index (χ1) is 32.2. The van der Waals surface area contributed by atoms with Crippen molar-refractivity contribution in [2.45, 2.75) is 120 Å². The monoisotopic (exact) mass is 937 g/mol. The average Bonchev–Trinajstić information content (AvgIpc) is 3.70. The van der Waals surface area contributed by atoms with E-state index >= 15 is 8.78 Å². The van der Waals surface area contributed by atoms with Crippen molar-refractivity contribution in [1.29, 1.82) is 0 Å². The number of methoxy groups -OCH3 is 1. The molecule has 0 bridgehead atoms. The minimum atomic E-state index is -2.70. The lowest BCUT2D eigenvalue weighted by molar-refractivity contribution is -0.730. The summed E-state index contributed by atoms with van der Waals surface area (Å²) in [6.45, 7) is 3.10. The van der Waals surface area contributed by atoms with Gasteiger partial charge < -0.3 is 39.6 Å². The minimum Gasteiger partial charge on any atom is -0.471 e. The number of alkyl carbamates (subject to hydrolysis) is 2. The molecule has 4 fully saturated rings. The summed E-state index contributed by atoms with van der Waals surface area (Å²) in [7, 11) is 1.55. The number of hydrogen-bond donors (Lipinski definition) is 6. The molecule has 3 saturated carbocycles. The molecule has 0 spiro atoms. The molecule has 3 aliphatic carbocycles. The van der Waals surface area contributed by atoms with Crippen LogP contribution in [0.3, 0.4) is 0 Å². The van der Waals surface area contributed by atoms with Crippen molar-refractivity contribution >= 4 is 46.5 Å². The second kappa shape index (κ2) is 17.5. The zero-order valence-electron chi connectivity index (χ0n) is 36.6. The summed E-state index contributed by atoms with van der Waals surface area (Å²) >= 11 is 0. The molecule has 21 nitrogen and oxygen atoms in total. The Labute approximate surface area is 378 Å². The van der Waals surface area contributed by atoms with Crippen molar-refractivity contribution in [3.05, 3.63) is 65.6 Å². The molecule has 4 aliphatic rings. The zero-order chi connectivity index (χ0) is 46.6. The maximum Gasteiger partial charge on any atom is 0.408 e. The third-order valence-corrected chi connectivity index (χ3v) is 12.4. The molecule has 6 aromatic heterocycles. The molecule has 356 valence electrons. The summed E-state index contributed by atoms with van der Waals surface area (Å²) in [5.41, 5.74) is 2.33. The van der Waals surface area contributed by atoms with Crippen LogP contribution in [0.25, 0.3) is 11.0 Å². The van der Waals surface area contributed by atoms with Crippen LogP contribution in [-0.2, 0) is 32.1 Å². The number of H-pyrrole nitrogens is 2. The Balaban J connectivity index is 0.927. The van der Waals surface area contributed by atoms with Gasteiger partial charge in [-0.25, -0.2) is 56.6 Å². The highest BCUT2D eigenvalue weighted by Gasteiger charge is 2.45. The van der Waals surface area contributed by atoms with E-state index in [0.717, 1.165) is 25.7 Å². The Hall–Kier alpha value is -6.76. The number of hydrogen-bond acceptors (Lipinski definition) is 14. The number of carbonyl (C=O) groups excluding carboxylic acids is 2. The number of aromatic nitrogens is 10. The third-order valence-electron chi connectivity index (χ3n) is 12.4. The van der Waals surface area contributed by atoms with Gasteiger partial charge in [0.1, 0.15) is 35.1 Å². The fourth-order valence-electron chi connectivity index (χ4n) is 8.27. The van der Waals surface area contributed by atoms with Crippen molar-refractivity contribution in [2.24, 2.45) is 0 Å². The third kappa shape index (κ3) is 9.73. The molecule has 2 amide bonds. The fraction of sp³-hybridized carbons (Fsp3) is 0.524. The normalized spacial score (nSPS) is 23.7. The van der Waals surface area contributed by atoms with E-state index in [2.05, 4.69) is 46.6 Å². The highest BCUT2D eigenvalue weighted by Crippen LogP contribution is 2.40. The maximum atomic E-state index is 15.7. The smallest absolute Gasteiger partial charge is 0.408 e. The van der Waals surface area contributed by atoms with Gasteiger partial charge >= 0.3 is 18.0 Å². The highest BCUT2D eigenvalue weighted by molar-refractivity contribution is 5.74. The number of amides is 2. The lowest BCUT2D eigenvalue weighted by Gasteiger charge is -2.17. The topological polar surface area (TPSA) is 237 Å². The lowest BCUT2D eigenvalue weighted by Crippen LogP contribution is -2.39. The predicted molar refractivity (Wildman–Crippen MR) is 226 cm³/mol. The molecule has 1 saturated heterocycles. The molecular formula is C42H49F4N14O7+. The van der Waals surface area contributed by atoms with Gasteiger partial charge in [0.25, 0.3) is 6.43 Å². The van der Waals surface area contributed by atoms with E-state index in [1.54, 1.807) is 46.9 Å². The first-order valence-corrected chi connectivity index (χ1v) is 21.9. The number of rotatable bonds is 17. The van der Waals surface area contributed by atoms with Crippen LogP contribution in [0.15, 0.2) is 42.9 Å². The van der Waals surface area contributed by atoms with Crippen molar-refractivity contribution in [2.75, 3.05) is 31.0 Å². The highest BCUT2D eigenvalue weighted by atomic mass is 19.3. The van der Waals surface area contributed by atoms with Crippen LogP contribution in [0, 0.1) is 0 Å². The van der Waals surface area contributed by atoms with Crippen LogP contribution in [0.1, 0.15) is 87.2 Å². The lowest BCUT2D eigenvalue weighted by atomic mass is 10.0. The Morgan fingerprint density at radius 1 is 0.925 bits per heavy atom.